The van der Waals surface area contributed by atoms with E-state index in [-0.39, 0.29) is 60.1 Å². The fourth-order valence-corrected chi connectivity index (χ4v) is 6.81. The number of anilines is 1. The van der Waals surface area contributed by atoms with Gasteiger partial charge in [-0.2, -0.15) is 0 Å². The molecule has 0 N–H and O–H groups in total. The Morgan fingerprint density at radius 3 is 1.87 bits per heavy atom. The smallest absolute Gasteiger partial charge is 0.414 e. The molecule has 0 radical (unpaired) electrons. The van der Waals surface area contributed by atoms with Crippen molar-refractivity contribution < 1.29 is 42.9 Å². The molecule has 15 nitrogen and oxygen atoms in total. The molecule has 2 atom stereocenters. The minimum atomic E-state index is -2.27. The van der Waals surface area contributed by atoms with Crippen molar-refractivity contribution in [1.29, 1.82) is 0 Å². The van der Waals surface area contributed by atoms with E-state index in [1.807, 2.05) is 0 Å². The van der Waals surface area contributed by atoms with E-state index in [9.17, 15) is 34.6 Å². The summed E-state index contributed by atoms with van der Waals surface area (Å²) in [5.41, 5.74) is 0.470. The number of amides is 2. The summed E-state index contributed by atoms with van der Waals surface area (Å²) in [6.07, 6.45) is -1.28. The average molecular weight is 765 g/mol. The van der Waals surface area contributed by atoms with Crippen molar-refractivity contribution in [2.45, 2.75) is 97.1 Å². The third-order valence-electron chi connectivity index (χ3n) is 9.31. The van der Waals surface area contributed by atoms with Gasteiger partial charge in [-0.05, 0) is 98.9 Å². The fourth-order valence-electron chi connectivity index (χ4n) is 5.45. The first kappa shape index (κ1) is 41.4. The van der Waals surface area contributed by atoms with E-state index in [4.69, 9.17) is 18.6 Å². The Hall–Kier alpha value is -5.35. The van der Waals surface area contributed by atoms with Crippen molar-refractivity contribution >= 4 is 43.5 Å². The van der Waals surface area contributed by atoms with Crippen LogP contribution in [0.5, 0.6) is 0 Å². The quantitative estimate of drug-likeness (QED) is 0.0568. The van der Waals surface area contributed by atoms with Gasteiger partial charge in [-0.15, -0.1) is 0 Å². The summed E-state index contributed by atoms with van der Waals surface area (Å²) in [5.74, 6) is -0.700. The lowest BCUT2D eigenvalue weighted by molar-refractivity contribution is -0.385. The lowest BCUT2D eigenvalue weighted by Gasteiger charge is -2.38. The highest BCUT2D eigenvalue weighted by atomic mass is 28.4. The van der Waals surface area contributed by atoms with E-state index < -0.39 is 48.0 Å². The molecule has 1 saturated heterocycles. The molecule has 2 amide bonds. The molecule has 0 spiro atoms. The van der Waals surface area contributed by atoms with Gasteiger partial charge in [0.15, 0.2) is 8.32 Å². The monoisotopic (exact) mass is 764 g/mol. The summed E-state index contributed by atoms with van der Waals surface area (Å²) in [6, 6.07) is 16.8. The van der Waals surface area contributed by atoms with Gasteiger partial charge in [0.25, 0.3) is 11.4 Å². The molecule has 1 aliphatic rings. The number of carbonyl (C=O) groups excluding carboxylic acids is 3. The topological polar surface area (TPSA) is 181 Å². The summed E-state index contributed by atoms with van der Waals surface area (Å²) < 4.78 is 23.7. The van der Waals surface area contributed by atoms with Crippen LogP contribution in [-0.2, 0) is 31.9 Å². The molecule has 0 bridgehead atoms. The van der Waals surface area contributed by atoms with E-state index in [2.05, 4.69) is 33.9 Å². The van der Waals surface area contributed by atoms with Gasteiger partial charge in [0, 0.05) is 43.0 Å². The molecule has 4 rings (SSSR count). The van der Waals surface area contributed by atoms with Crippen LogP contribution in [0.1, 0.15) is 69.4 Å². The number of hydrogen-bond donors (Lipinski definition) is 0. The van der Waals surface area contributed by atoms with Gasteiger partial charge >= 0.3 is 18.2 Å². The third-order valence-corrected chi connectivity index (χ3v) is 13.8. The molecule has 16 heteroatoms. The van der Waals surface area contributed by atoms with Crippen LogP contribution in [-0.4, -0.2) is 72.1 Å². The van der Waals surface area contributed by atoms with Gasteiger partial charge < -0.3 is 23.5 Å². The van der Waals surface area contributed by atoms with Crippen molar-refractivity contribution in [3.8, 4) is 0 Å². The SMILES string of the molecule is CC(C)(C)OC(=O)N1C[C@H](O[Si](C)(C)C(C)(C)C)C[C@H]1CN(C(=O)OCc1ccc([N+](=O)[O-])cc1)c1cccc(C(=O)OCc2ccc([N+](=O)[O-])cc2)c1. The van der Waals surface area contributed by atoms with Gasteiger partial charge in [0.05, 0.1) is 27.6 Å². The summed E-state index contributed by atoms with van der Waals surface area (Å²) >= 11 is 0. The van der Waals surface area contributed by atoms with Gasteiger partial charge in [-0.3, -0.25) is 25.1 Å². The number of benzene rings is 3. The Labute approximate surface area is 315 Å². The molecule has 290 valence electrons. The zero-order chi connectivity index (χ0) is 40.0. The number of hydrogen-bond acceptors (Lipinski definition) is 11. The van der Waals surface area contributed by atoms with Gasteiger partial charge in [-0.25, -0.2) is 14.4 Å². The number of esters is 1. The van der Waals surface area contributed by atoms with Crippen molar-refractivity contribution in [2.24, 2.45) is 0 Å². The number of nitro benzene ring substituents is 2. The highest BCUT2D eigenvalue weighted by Gasteiger charge is 2.45. The second kappa shape index (κ2) is 16.8. The summed E-state index contributed by atoms with van der Waals surface area (Å²) in [4.78, 5) is 64.8. The summed E-state index contributed by atoms with van der Waals surface area (Å²) in [7, 11) is -2.27. The van der Waals surface area contributed by atoms with E-state index in [1.165, 1.54) is 65.6 Å². The second-order valence-electron chi connectivity index (χ2n) is 15.7. The number of carbonyl (C=O) groups is 3. The van der Waals surface area contributed by atoms with Crippen molar-refractivity contribution in [2.75, 3.05) is 18.0 Å². The van der Waals surface area contributed by atoms with Crippen molar-refractivity contribution in [3.05, 3.63) is 110 Å². The predicted molar refractivity (Wildman–Crippen MR) is 203 cm³/mol. The molecule has 54 heavy (non-hydrogen) atoms. The zero-order valence-electron chi connectivity index (χ0n) is 31.9. The Balaban J connectivity index is 1.63. The summed E-state index contributed by atoms with van der Waals surface area (Å²) in [5, 5.41) is 22.0. The van der Waals surface area contributed by atoms with Gasteiger partial charge in [0.1, 0.15) is 18.8 Å². The molecular formula is C38H48N4O11Si. The fraction of sp³-hybridized carbons (Fsp3) is 0.447. The Morgan fingerprint density at radius 1 is 0.833 bits per heavy atom. The molecule has 1 aliphatic heterocycles. The minimum Gasteiger partial charge on any atom is -0.457 e. The predicted octanol–water partition coefficient (Wildman–Crippen LogP) is 8.40. The van der Waals surface area contributed by atoms with E-state index in [0.717, 1.165) is 0 Å². The Morgan fingerprint density at radius 2 is 1.37 bits per heavy atom. The highest BCUT2D eigenvalue weighted by Crippen LogP contribution is 2.39. The molecule has 1 heterocycles. The molecule has 0 aliphatic carbocycles. The third kappa shape index (κ3) is 11.1. The molecule has 3 aromatic rings. The average Bonchev–Trinajstić information content (AvgIpc) is 3.49. The lowest BCUT2D eigenvalue weighted by Crippen LogP contribution is -2.47. The lowest BCUT2D eigenvalue weighted by atomic mass is 10.1. The standard InChI is InChI=1S/C38H48N4O11Si/c1-37(2,3)52-36(45)40-23-33(53-54(7,8)38(4,5)6)21-32(40)22-39(35(44)51-25-27-14-18-30(19-15-27)42(48)49)31-11-9-10-28(20-31)34(43)50-24-26-12-16-29(17-13-26)41(46)47/h9-20,32-33H,21-25H2,1-8H3/t32-,33+/m0/s1. The minimum absolute atomic E-state index is 0.0446. The van der Waals surface area contributed by atoms with E-state index >= 15 is 0 Å². The maximum atomic E-state index is 14.0. The van der Waals surface area contributed by atoms with Crippen LogP contribution in [0, 0.1) is 20.2 Å². The van der Waals surface area contributed by atoms with Crippen LogP contribution in [0.2, 0.25) is 18.1 Å². The largest absolute Gasteiger partial charge is 0.457 e. The summed E-state index contributed by atoms with van der Waals surface area (Å²) in [6.45, 7) is 15.8. The first-order chi connectivity index (χ1) is 25.1. The first-order valence-electron chi connectivity index (χ1n) is 17.5. The van der Waals surface area contributed by atoms with E-state index in [0.29, 0.717) is 17.5 Å². The molecule has 0 saturated carbocycles. The molecular weight excluding hydrogens is 717 g/mol. The Bertz CT molecular complexity index is 1840. The molecule has 0 unspecified atom stereocenters. The normalized spacial score (nSPS) is 16.0. The number of likely N-dealkylation sites (tertiary alicyclic amines) is 1. The number of ether oxygens (including phenoxy) is 3. The molecule has 0 aromatic heterocycles. The number of rotatable bonds is 12. The van der Waals surface area contributed by atoms with Gasteiger partial charge in [0.2, 0.25) is 0 Å². The van der Waals surface area contributed by atoms with Crippen LogP contribution < -0.4 is 4.90 Å². The van der Waals surface area contributed by atoms with Crippen LogP contribution in [0.3, 0.4) is 0 Å². The molecule has 1 fully saturated rings. The van der Waals surface area contributed by atoms with Crippen molar-refractivity contribution in [1.82, 2.24) is 4.90 Å². The van der Waals surface area contributed by atoms with Crippen LogP contribution in [0.15, 0.2) is 72.8 Å². The first-order valence-corrected chi connectivity index (χ1v) is 20.4. The van der Waals surface area contributed by atoms with Crippen LogP contribution in [0.25, 0.3) is 0 Å². The maximum absolute atomic E-state index is 14.0. The Kier molecular flexibility index (Phi) is 12.9. The number of nitrogens with zero attached hydrogens (tertiary/aromatic N) is 4. The number of non-ortho nitro benzene ring substituents is 2. The molecule has 3 aromatic carbocycles. The van der Waals surface area contributed by atoms with Crippen LogP contribution >= 0.6 is 0 Å². The van der Waals surface area contributed by atoms with Gasteiger partial charge in [-0.1, -0.05) is 26.8 Å². The van der Waals surface area contributed by atoms with Crippen LogP contribution in [0.4, 0.5) is 26.7 Å². The highest BCUT2D eigenvalue weighted by molar-refractivity contribution is 6.74. The zero-order valence-corrected chi connectivity index (χ0v) is 32.9. The van der Waals surface area contributed by atoms with Crippen molar-refractivity contribution in [3.63, 3.8) is 0 Å². The number of nitro groups is 2. The van der Waals surface area contributed by atoms with E-state index in [1.54, 1.807) is 37.8 Å². The second-order valence-corrected chi connectivity index (χ2v) is 20.4. The maximum Gasteiger partial charge on any atom is 0.414 e.